The molecule has 2 aromatic rings. The summed E-state index contributed by atoms with van der Waals surface area (Å²) in [7, 11) is 0. The average molecular weight is 272 g/mol. The maximum atomic E-state index is 2.33. The van der Waals surface area contributed by atoms with Crippen LogP contribution < -0.4 is 0 Å². The van der Waals surface area contributed by atoms with E-state index in [1.165, 1.54) is 33.4 Å². The van der Waals surface area contributed by atoms with Crippen LogP contribution in [-0.2, 0) is 12.8 Å². The normalized spacial score (nSPS) is 10.5. The first-order valence-corrected chi connectivity index (χ1v) is 5.89. The van der Waals surface area contributed by atoms with Gasteiger partial charge in [0.05, 0.1) is 0 Å². The van der Waals surface area contributed by atoms with E-state index in [9.17, 15) is 0 Å². The molecule has 0 fully saturated rings. The summed E-state index contributed by atoms with van der Waals surface area (Å²) >= 11 is 0. The Kier molecular flexibility index (Phi) is 8.19. The summed E-state index contributed by atoms with van der Waals surface area (Å²) in [6.07, 6.45) is 2.21. The fourth-order valence-electron chi connectivity index (χ4n) is 2.59. The minimum atomic E-state index is 0. The van der Waals surface area contributed by atoms with Crippen LogP contribution in [0.15, 0.2) is 36.4 Å². The van der Waals surface area contributed by atoms with Crippen LogP contribution >= 0.6 is 0 Å². The van der Waals surface area contributed by atoms with E-state index in [1.807, 2.05) is 0 Å². The topological polar surface area (TPSA) is 0 Å². The molecule has 0 nitrogen and oxygen atoms in total. The van der Waals surface area contributed by atoms with E-state index in [-0.39, 0.29) is 29.7 Å². The lowest BCUT2D eigenvalue weighted by atomic mass is 9.85. The van der Waals surface area contributed by atoms with Crippen molar-refractivity contribution in [2.45, 2.75) is 56.4 Å². The maximum Gasteiger partial charge on any atom is -0.00200 e. The van der Waals surface area contributed by atoms with E-state index in [2.05, 4.69) is 50.2 Å². The zero-order chi connectivity index (χ0) is 11.1. The molecule has 0 bridgehead atoms. The summed E-state index contributed by atoms with van der Waals surface area (Å²) in [4.78, 5) is 0. The molecule has 0 saturated heterocycles. The Morgan fingerprint density at radius 2 is 0.900 bits per heavy atom. The summed E-state index contributed by atoms with van der Waals surface area (Å²) in [6, 6.07) is 13.7. The SMILES string of the molecule is C.C.C.C.Cc1ccc2c(c1)Cc1ccc(C)cc1C2. The van der Waals surface area contributed by atoms with Crippen molar-refractivity contribution in [3.63, 3.8) is 0 Å². The zero-order valence-electron chi connectivity index (χ0n) is 9.88. The van der Waals surface area contributed by atoms with Gasteiger partial charge in [0.15, 0.2) is 0 Å². The summed E-state index contributed by atoms with van der Waals surface area (Å²) < 4.78 is 0. The van der Waals surface area contributed by atoms with Crippen molar-refractivity contribution in [3.8, 4) is 0 Å². The van der Waals surface area contributed by atoms with Gasteiger partial charge < -0.3 is 0 Å². The average Bonchev–Trinajstić information content (AvgIpc) is 2.26. The Balaban J connectivity index is 0. The lowest BCUT2D eigenvalue weighted by Crippen LogP contribution is -2.07. The summed E-state index contributed by atoms with van der Waals surface area (Å²) in [6.45, 7) is 4.34. The van der Waals surface area contributed by atoms with Crippen LogP contribution in [0.4, 0.5) is 0 Å². The lowest BCUT2D eigenvalue weighted by molar-refractivity contribution is 0.993. The fraction of sp³-hybridized carbons (Fsp3) is 0.400. The first-order chi connectivity index (χ1) is 7.72. The van der Waals surface area contributed by atoms with Gasteiger partial charge in [-0.3, -0.25) is 0 Å². The summed E-state index contributed by atoms with van der Waals surface area (Å²) in [5.41, 5.74) is 8.77. The molecule has 0 heterocycles. The standard InChI is InChI=1S/C16H16.4CH4/c1-11-3-5-13-10-16-8-12(2)4-6-14(16)9-15(13)7-11;;;;/h3-8H,9-10H2,1-2H3;4*1H4. The molecule has 0 aliphatic heterocycles. The third-order valence-electron chi connectivity index (χ3n) is 3.49. The van der Waals surface area contributed by atoms with Crippen LogP contribution in [0.3, 0.4) is 0 Å². The van der Waals surface area contributed by atoms with Crippen LogP contribution in [0.25, 0.3) is 0 Å². The monoisotopic (exact) mass is 272 g/mol. The highest BCUT2D eigenvalue weighted by molar-refractivity contribution is 5.47. The highest BCUT2D eigenvalue weighted by Gasteiger charge is 2.14. The maximum absolute atomic E-state index is 2.33. The molecule has 0 amide bonds. The Labute approximate surface area is 126 Å². The number of hydrogen-bond acceptors (Lipinski definition) is 0. The van der Waals surface area contributed by atoms with Crippen molar-refractivity contribution in [1.29, 1.82) is 0 Å². The van der Waals surface area contributed by atoms with Gasteiger partial charge in [-0.05, 0) is 48.9 Å². The Hall–Kier alpha value is -1.56. The largest absolute Gasteiger partial charge is 0.0776 e. The molecule has 1 aliphatic carbocycles. The van der Waals surface area contributed by atoms with Crippen LogP contribution in [0.5, 0.6) is 0 Å². The van der Waals surface area contributed by atoms with Crippen molar-refractivity contribution >= 4 is 0 Å². The first kappa shape index (κ1) is 20.8. The molecule has 2 aromatic carbocycles. The van der Waals surface area contributed by atoms with Crippen LogP contribution in [0.2, 0.25) is 0 Å². The third-order valence-corrected chi connectivity index (χ3v) is 3.49. The molecular weight excluding hydrogens is 240 g/mol. The van der Waals surface area contributed by atoms with Gasteiger partial charge in [-0.25, -0.2) is 0 Å². The molecule has 0 spiro atoms. The Bertz CT molecular complexity index is 498. The number of rotatable bonds is 0. The molecule has 20 heavy (non-hydrogen) atoms. The lowest BCUT2D eigenvalue weighted by Gasteiger charge is -2.20. The van der Waals surface area contributed by atoms with Gasteiger partial charge in [0.2, 0.25) is 0 Å². The predicted octanol–water partition coefficient (Wildman–Crippen LogP) is 6.34. The van der Waals surface area contributed by atoms with Gasteiger partial charge in [0.1, 0.15) is 0 Å². The van der Waals surface area contributed by atoms with E-state index < -0.39 is 0 Å². The Morgan fingerprint density at radius 1 is 0.550 bits per heavy atom. The highest BCUT2D eigenvalue weighted by atomic mass is 14.2. The number of hydrogen-bond donors (Lipinski definition) is 0. The fourth-order valence-corrected chi connectivity index (χ4v) is 2.59. The van der Waals surface area contributed by atoms with Gasteiger partial charge in [-0.15, -0.1) is 0 Å². The minimum absolute atomic E-state index is 0. The number of benzene rings is 2. The van der Waals surface area contributed by atoms with Crippen molar-refractivity contribution in [1.82, 2.24) is 0 Å². The Morgan fingerprint density at radius 3 is 1.25 bits per heavy atom. The van der Waals surface area contributed by atoms with Crippen LogP contribution in [0.1, 0.15) is 63.1 Å². The second-order valence-electron chi connectivity index (χ2n) is 4.90. The van der Waals surface area contributed by atoms with Crippen LogP contribution in [-0.4, -0.2) is 0 Å². The van der Waals surface area contributed by atoms with Gasteiger partial charge in [-0.1, -0.05) is 77.2 Å². The molecule has 3 rings (SSSR count). The molecule has 0 saturated carbocycles. The van der Waals surface area contributed by atoms with Crippen molar-refractivity contribution < 1.29 is 0 Å². The van der Waals surface area contributed by atoms with Gasteiger partial charge >= 0.3 is 0 Å². The van der Waals surface area contributed by atoms with Gasteiger partial charge in [0.25, 0.3) is 0 Å². The molecule has 0 N–H and O–H groups in total. The first-order valence-electron chi connectivity index (χ1n) is 5.89. The molecule has 0 atom stereocenters. The molecule has 0 heteroatoms. The van der Waals surface area contributed by atoms with Gasteiger partial charge in [-0.2, -0.15) is 0 Å². The molecule has 0 unspecified atom stereocenters. The van der Waals surface area contributed by atoms with E-state index in [1.54, 1.807) is 0 Å². The molecule has 0 radical (unpaired) electrons. The van der Waals surface area contributed by atoms with Crippen molar-refractivity contribution in [3.05, 3.63) is 69.8 Å². The van der Waals surface area contributed by atoms with Crippen molar-refractivity contribution in [2.24, 2.45) is 0 Å². The van der Waals surface area contributed by atoms with Crippen LogP contribution in [0, 0.1) is 13.8 Å². The second-order valence-corrected chi connectivity index (χ2v) is 4.90. The molecule has 112 valence electrons. The quantitative estimate of drug-likeness (QED) is 0.448. The second kappa shape index (κ2) is 7.89. The molecular formula is C20H32. The van der Waals surface area contributed by atoms with E-state index >= 15 is 0 Å². The number of aryl methyl sites for hydroxylation is 2. The predicted molar refractivity (Wildman–Crippen MR) is 94.9 cm³/mol. The zero-order valence-corrected chi connectivity index (χ0v) is 9.88. The summed E-state index contributed by atoms with van der Waals surface area (Å²) in [5, 5.41) is 0. The highest BCUT2D eigenvalue weighted by Crippen LogP contribution is 2.28. The van der Waals surface area contributed by atoms with Crippen molar-refractivity contribution in [2.75, 3.05) is 0 Å². The van der Waals surface area contributed by atoms with E-state index in [0.29, 0.717) is 0 Å². The molecule has 1 aliphatic rings. The van der Waals surface area contributed by atoms with E-state index in [4.69, 9.17) is 0 Å². The summed E-state index contributed by atoms with van der Waals surface area (Å²) in [5.74, 6) is 0. The van der Waals surface area contributed by atoms with Gasteiger partial charge in [0, 0.05) is 0 Å². The third kappa shape index (κ3) is 3.72. The minimum Gasteiger partial charge on any atom is -0.0776 e. The molecule has 0 aromatic heterocycles. The van der Waals surface area contributed by atoms with E-state index in [0.717, 1.165) is 12.8 Å². The smallest absolute Gasteiger partial charge is 0.00200 e. The number of fused-ring (bicyclic) bond motifs is 2.